The van der Waals surface area contributed by atoms with E-state index in [1.807, 2.05) is 13.8 Å². The molecule has 2 atom stereocenters. The number of unbranched alkanes of at least 4 members (excludes halogenated alkanes) is 11. The van der Waals surface area contributed by atoms with Crippen LogP contribution in [0.5, 0.6) is 0 Å². The Morgan fingerprint density at radius 2 is 1.55 bits per heavy atom. The molecule has 29 heavy (non-hydrogen) atoms. The van der Waals surface area contributed by atoms with Crippen LogP contribution in [0.25, 0.3) is 0 Å². The number of hydrazine groups is 1. The van der Waals surface area contributed by atoms with Crippen molar-refractivity contribution in [2.45, 2.75) is 123 Å². The van der Waals surface area contributed by atoms with Crippen molar-refractivity contribution in [1.29, 1.82) is 0 Å². The third-order valence-electron chi connectivity index (χ3n) is 5.85. The van der Waals surface area contributed by atoms with Gasteiger partial charge in [-0.05, 0) is 25.3 Å². The molecule has 1 fully saturated rings. The second-order valence-corrected chi connectivity index (χ2v) is 8.91. The molecule has 1 rings (SSSR count). The maximum absolute atomic E-state index is 12.6. The largest absolute Gasteiger partial charge is 0.320 e. The molecule has 1 saturated heterocycles. The van der Waals surface area contributed by atoms with Gasteiger partial charge < -0.3 is 5.73 Å². The highest BCUT2D eigenvalue weighted by atomic mass is 16.2. The van der Waals surface area contributed by atoms with Crippen molar-refractivity contribution in [3.05, 3.63) is 0 Å². The monoisotopic (exact) mass is 410 g/mol. The molecule has 0 aromatic heterocycles. The van der Waals surface area contributed by atoms with Crippen LogP contribution in [0.4, 0.5) is 0 Å². The third-order valence-corrected chi connectivity index (χ3v) is 5.85. The minimum Gasteiger partial charge on any atom is -0.320 e. The predicted molar refractivity (Wildman–Crippen MR) is 120 cm³/mol. The molecule has 4 N–H and O–H groups in total. The van der Waals surface area contributed by atoms with Crippen LogP contribution in [0.15, 0.2) is 0 Å². The first kappa shape index (κ1) is 25.9. The van der Waals surface area contributed by atoms with Crippen molar-refractivity contribution in [2.24, 2.45) is 11.7 Å². The molecule has 2 amide bonds. The van der Waals surface area contributed by atoms with Crippen LogP contribution >= 0.6 is 0 Å². The number of hydrogen-bond donors (Lipinski definition) is 3. The highest BCUT2D eigenvalue weighted by molar-refractivity contribution is 5.86. The van der Waals surface area contributed by atoms with Gasteiger partial charge in [0.15, 0.2) is 0 Å². The smallest absolute Gasteiger partial charge is 0.259 e. The Kier molecular flexibility index (Phi) is 14.0. The Morgan fingerprint density at radius 3 is 2.07 bits per heavy atom. The molecule has 6 heteroatoms. The number of amides is 2. The first-order valence-corrected chi connectivity index (χ1v) is 12.1. The summed E-state index contributed by atoms with van der Waals surface area (Å²) in [5, 5.41) is 4.86. The molecular weight excluding hydrogens is 364 g/mol. The van der Waals surface area contributed by atoms with Crippen LogP contribution < -0.4 is 16.5 Å². The van der Waals surface area contributed by atoms with Crippen LogP contribution in [0.3, 0.4) is 0 Å². The number of carbonyl (C=O) groups excluding carboxylic acids is 2. The fourth-order valence-electron chi connectivity index (χ4n) is 3.75. The average Bonchev–Trinajstić information content (AvgIpc) is 2.71. The summed E-state index contributed by atoms with van der Waals surface area (Å²) in [4.78, 5) is 24.3. The van der Waals surface area contributed by atoms with Crippen LogP contribution in [0, 0.1) is 5.92 Å². The highest BCUT2D eigenvalue weighted by Crippen LogP contribution is 2.14. The molecule has 0 spiro atoms. The second-order valence-electron chi connectivity index (χ2n) is 8.91. The van der Waals surface area contributed by atoms with Gasteiger partial charge in [0, 0.05) is 6.42 Å². The molecule has 0 saturated carbocycles. The molecule has 1 aliphatic heterocycles. The molecule has 1 aliphatic rings. The summed E-state index contributed by atoms with van der Waals surface area (Å²) in [6.07, 6.45) is 16.9. The van der Waals surface area contributed by atoms with E-state index in [0.29, 0.717) is 12.8 Å². The van der Waals surface area contributed by atoms with Crippen molar-refractivity contribution in [3.63, 3.8) is 0 Å². The van der Waals surface area contributed by atoms with Crippen LogP contribution in [0.2, 0.25) is 0 Å². The molecular formula is C23H46N4O2. The van der Waals surface area contributed by atoms with Gasteiger partial charge in [-0.1, -0.05) is 91.4 Å². The fourth-order valence-corrected chi connectivity index (χ4v) is 3.75. The zero-order valence-corrected chi connectivity index (χ0v) is 19.2. The normalized spacial score (nSPS) is 18.2. The molecule has 0 radical (unpaired) electrons. The van der Waals surface area contributed by atoms with E-state index in [9.17, 15) is 9.59 Å². The molecule has 0 aromatic carbocycles. The fraction of sp³-hybridized carbons (Fsp3) is 0.913. The Balaban J connectivity index is 2.11. The molecule has 170 valence electrons. The van der Waals surface area contributed by atoms with Crippen LogP contribution in [0.1, 0.15) is 111 Å². The van der Waals surface area contributed by atoms with Gasteiger partial charge in [0.05, 0.1) is 6.04 Å². The van der Waals surface area contributed by atoms with Crippen molar-refractivity contribution in [1.82, 2.24) is 15.8 Å². The van der Waals surface area contributed by atoms with Crippen molar-refractivity contribution in [2.75, 3.05) is 6.54 Å². The Hall–Kier alpha value is -1.14. The SMILES string of the molecule is CCCCCCCCCCCCCCNC1CCC(=O)NN1C(=O)C(N)C(C)C. The zero-order valence-electron chi connectivity index (χ0n) is 19.2. The predicted octanol–water partition coefficient (Wildman–Crippen LogP) is 4.24. The quantitative estimate of drug-likeness (QED) is 0.332. The van der Waals surface area contributed by atoms with E-state index in [1.54, 1.807) is 0 Å². The Morgan fingerprint density at radius 1 is 1.03 bits per heavy atom. The lowest BCUT2D eigenvalue weighted by atomic mass is 10.0. The molecule has 6 nitrogen and oxygen atoms in total. The molecule has 0 aliphatic carbocycles. The number of nitrogens with two attached hydrogens (primary N) is 1. The lowest BCUT2D eigenvalue weighted by molar-refractivity contribution is -0.151. The van der Waals surface area contributed by atoms with E-state index in [2.05, 4.69) is 17.7 Å². The van der Waals surface area contributed by atoms with Gasteiger partial charge in [0.1, 0.15) is 6.17 Å². The summed E-state index contributed by atoms with van der Waals surface area (Å²) in [5.41, 5.74) is 8.70. The lowest BCUT2D eigenvalue weighted by Crippen LogP contribution is -2.64. The minimum absolute atomic E-state index is 0.0401. The zero-order chi connectivity index (χ0) is 21.5. The summed E-state index contributed by atoms with van der Waals surface area (Å²) in [6, 6.07) is -0.593. The van der Waals surface area contributed by atoms with Gasteiger partial charge in [-0.25, -0.2) is 5.01 Å². The molecule has 1 heterocycles. The summed E-state index contributed by atoms with van der Waals surface area (Å²) in [7, 11) is 0. The maximum atomic E-state index is 12.6. The van der Waals surface area contributed by atoms with E-state index in [0.717, 1.165) is 13.0 Å². The summed E-state index contributed by atoms with van der Waals surface area (Å²) < 4.78 is 0. The van der Waals surface area contributed by atoms with Crippen molar-refractivity contribution < 1.29 is 9.59 Å². The van der Waals surface area contributed by atoms with Crippen molar-refractivity contribution in [3.8, 4) is 0 Å². The van der Waals surface area contributed by atoms with Crippen LogP contribution in [-0.4, -0.2) is 35.6 Å². The van der Waals surface area contributed by atoms with E-state index in [1.165, 1.54) is 75.6 Å². The van der Waals surface area contributed by atoms with Gasteiger partial charge in [0.25, 0.3) is 5.91 Å². The number of hydrogen-bond acceptors (Lipinski definition) is 4. The number of nitrogens with zero attached hydrogens (tertiary/aromatic N) is 1. The first-order valence-electron chi connectivity index (χ1n) is 12.1. The van der Waals surface area contributed by atoms with E-state index >= 15 is 0 Å². The highest BCUT2D eigenvalue weighted by Gasteiger charge is 2.33. The minimum atomic E-state index is -0.593. The maximum Gasteiger partial charge on any atom is 0.259 e. The number of rotatable bonds is 16. The third kappa shape index (κ3) is 11.0. The van der Waals surface area contributed by atoms with Gasteiger partial charge in [0.2, 0.25) is 5.91 Å². The van der Waals surface area contributed by atoms with Gasteiger partial charge in [-0.3, -0.25) is 20.3 Å². The van der Waals surface area contributed by atoms with E-state index < -0.39 is 6.04 Å². The second kappa shape index (κ2) is 15.7. The molecule has 0 aromatic rings. The number of nitrogens with one attached hydrogen (secondary N) is 2. The van der Waals surface area contributed by atoms with Gasteiger partial charge in [-0.15, -0.1) is 0 Å². The van der Waals surface area contributed by atoms with Crippen LogP contribution in [-0.2, 0) is 9.59 Å². The summed E-state index contributed by atoms with van der Waals surface area (Å²) >= 11 is 0. The van der Waals surface area contributed by atoms with Gasteiger partial charge >= 0.3 is 0 Å². The summed E-state index contributed by atoms with van der Waals surface area (Å²) in [5.74, 6) is -0.281. The van der Waals surface area contributed by atoms with E-state index in [4.69, 9.17) is 5.73 Å². The van der Waals surface area contributed by atoms with Crippen molar-refractivity contribution >= 4 is 11.8 Å². The lowest BCUT2D eigenvalue weighted by Gasteiger charge is -2.38. The van der Waals surface area contributed by atoms with Gasteiger partial charge in [-0.2, -0.15) is 0 Å². The standard InChI is InChI=1S/C23H46N4O2/c1-4-5-6-7-8-9-10-11-12-13-14-15-18-25-20-16-17-21(28)26-27(20)23(29)22(24)19(2)3/h19-20,22,25H,4-18,24H2,1-3H3,(H,26,28). The Bertz CT molecular complexity index is 456. The summed E-state index contributed by atoms with van der Waals surface area (Å²) in [6.45, 7) is 6.96. The van der Waals surface area contributed by atoms with E-state index in [-0.39, 0.29) is 23.9 Å². The molecule has 0 bridgehead atoms. The topological polar surface area (TPSA) is 87.5 Å². The first-order chi connectivity index (χ1) is 14.0. The Labute approximate surface area is 178 Å². The average molecular weight is 411 g/mol. The number of carbonyl (C=O) groups is 2. The molecule has 2 unspecified atom stereocenters.